The third-order valence-corrected chi connectivity index (χ3v) is 5.30. The van der Waals surface area contributed by atoms with E-state index in [2.05, 4.69) is 0 Å². The Morgan fingerprint density at radius 3 is 2.50 bits per heavy atom. The van der Waals surface area contributed by atoms with Crippen LogP contribution in [-0.4, -0.2) is 56.0 Å². The summed E-state index contributed by atoms with van der Waals surface area (Å²) in [4.78, 5) is 15.1. The Bertz CT molecular complexity index is 851. The van der Waals surface area contributed by atoms with Crippen LogP contribution in [0.25, 0.3) is 0 Å². The molecule has 2 aromatic rings. The fraction of sp³-hybridized carbons (Fsp3) is 0.409. The van der Waals surface area contributed by atoms with Crippen LogP contribution in [0.1, 0.15) is 33.1 Å². The van der Waals surface area contributed by atoms with Crippen molar-refractivity contribution in [1.29, 1.82) is 0 Å². The minimum atomic E-state index is -0.512. The van der Waals surface area contributed by atoms with Gasteiger partial charge in [-0.15, -0.1) is 0 Å². The highest BCUT2D eigenvalue weighted by Crippen LogP contribution is 2.36. The summed E-state index contributed by atoms with van der Waals surface area (Å²) in [6, 6.07) is 10.8. The first-order chi connectivity index (χ1) is 13.5. The molecule has 1 amide bonds. The van der Waals surface area contributed by atoms with Crippen LogP contribution in [0.4, 0.5) is 0 Å². The van der Waals surface area contributed by atoms with E-state index in [1.165, 1.54) is 0 Å². The predicted molar refractivity (Wildman–Crippen MR) is 106 cm³/mol. The van der Waals surface area contributed by atoms with Crippen LogP contribution in [0.2, 0.25) is 0 Å². The maximum Gasteiger partial charge on any atom is 0.254 e. The van der Waals surface area contributed by atoms with E-state index in [-0.39, 0.29) is 12.5 Å². The summed E-state index contributed by atoms with van der Waals surface area (Å²) in [6.45, 7) is 4.66. The summed E-state index contributed by atoms with van der Waals surface area (Å²) in [5.41, 5.74) is 3.67. The molecule has 1 heterocycles. The first-order valence-electron chi connectivity index (χ1n) is 9.32. The van der Waals surface area contributed by atoms with Crippen molar-refractivity contribution in [2.24, 2.45) is 0 Å². The summed E-state index contributed by atoms with van der Waals surface area (Å²) in [6.07, 6.45) is -0.512. The van der Waals surface area contributed by atoms with Crippen LogP contribution in [0.5, 0.6) is 11.5 Å². The number of rotatable bonds is 5. The molecule has 1 aliphatic rings. The zero-order chi connectivity index (χ0) is 20.3. The fourth-order valence-corrected chi connectivity index (χ4v) is 3.59. The first kappa shape index (κ1) is 20.2. The Morgan fingerprint density at radius 2 is 1.86 bits per heavy atom. The molecule has 1 saturated heterocycles. The summed E-state index contributed by atoms with van der Waals surface area (Å²) in [5, 5.41) is 9.88. The molecule has 6 nitrogen and oxygen atoms in total. The summed E-state index contributed by atoms with van der Waals surface area (Å²) >= 11 is 0. The minimum Gasteiger partial charge on any atom is -0.493 e. The molecule has 2 atom stereocenters. The van der Waals surface area contributed by atoms with Gasteiger partial charge in [0.1, 0.15) is 6.10 Å². The molecule has 1 aliphatic heterocycles. The van der Waals surface area contributed by atoms with E-state index in [1.807, 2.05) is 44.2 Å². The lowest BCUT2D eigenvalue weighted by molar-refractivity contribution is -0.0811. The Labute approximate surface area is 165 Å². The number of hydrogen-bond acceptors (Lipinski definition) is 5. The van der Waals surface area contributed by atoms with Crippen LogP contribution in [0, 0.1) is 13.8 Å². The summed E-state index contributed by atoms with van der Waals surface area (Å²) < 4.78 is 16.5. The standard InChI is InChI=1S/C22H27NO5/c1-14-5-6-17(11-15(14)2)22(25)23-9-10-28-20(13-24)21(23)16-7-8-18(26-3)19(12-16)27-4/h5-8,11-12,20-21,24H,9-10,13H2,1-4H3. The van der Waals surface area contributed by atoms with E-state index in [1.54, 1.807) is 25.2 Å². The van der Waals surface area contributed by atoms with Crippen molar-refractivity contribution >= 4 is 5.91 Å². The van der Waals surface area contributed by atoms with Crippen molar-refractivity contribution in [3.63, 3.8) is 0 Å². The van der Waals surface area contributed by atoms with E-state index in [0.29, 0.717) is 30.2 Å². The number of aryl methyl sites for hydroxylation is 2. The zero-order valence-electron chi connectivity index (χ0n) is 16.8. The molecule has 0 bridgehead atoms. The molecular weight excluding hydrogens is 358 g/mol. The molecule has 28 heavy (non-hydrogen) atoms. The van der Waals surface area contributed by atoms with E-state index in [0.717, 1.165) is 16.7 Å². The van der Waals surface area contributed by atoms with Crippen molar-refractivity contribution in [3.8, 4) is 11.5 Å². The second-order valence-electron chi connectivity index (χ2n) is 6.95. The molecule has 2 unspecified atom stereocenters. The lowest BCUT2D eigenvalue weighted by Gasteiger charge is -2.41. The van der Waals surface area contributed by atoms with Gasteiger partial charge >= 0.3 is 0 Å². The van der Waals surface area contributed by atoms with Crippen LogP contribution in [0.15, 0.2) is 36.4 Å². The van der Waals surface area contributed by atoms with Gasteiger partial charge in [-0.05, 0) is 54.8 Å². The number of carbonyl (C=O) groups excluding carboxylic acids is 1. The summed E-state index contributed by atoms with van der Waals surface area (Å²) in [7, 11) is 3.15. The highest BCUT2D eigenvalue weighted by Gasteiger charge is 2.37. The molecule has 2 aromatic carbocycles. The average molecular weight is 385 g/mol. The maximum atomic E-state index is 13.3. The summed E-state index contributed by atoms with van der Waals surface area (Å²) in [5.74, 6) is 1.10. The van der Waals surface area contributed by atoms with Gasteiger partial charge in [-0.2, -0.15) is 0 Å². The Hall–Kier alpha value is -2.57. The third kappa shape index (κ3) is 3.84. The van der Waals surface area contributed by atoms with Crippen molar-refractivity contribution in [2.75, 3.05) is 34.0 Å². The lowest BCUT2D eigenvalue weighted by atomic mass is 9.96. The number of ether oxygens (including phenoxy) is 3. The smallest absolute Gasteiger partial charge is 0.254 e. The van der Waals surface area contributed by atoms with Crippen molar-refractivity contribution in [1.82, 2.24) is 4.90 Å². The first-order valence-corrected chi connectivity index (χ1v) is 9.32. The Balaban J connectivity index is 2.01. The highest BCUT2D eigenvalue weighted by molar-refractivity contribution is 5.95. The van der Waals surface area contributed by atoms with Crippen molar-refractivity contribution in [2.45, 2.75) is 26.0 Å². The number of aliphatic hydroxyl groups excluding tert-OH is 1. The number of carbonyl (C=O) groups is 1. The molecule has 0 radical (unpaired) electrons. The Morgan fingerprint density at radius 1 is 1.11 bits per heavy atom. The van der Waals surface area contributed by atoms with E-state index in [4.69, 9.17) is 14.2 Å². The van der Waals surface area contributed by atoms with Gasteiger partial charge in [-0.3, -0.25) is 4.79 Å². The molecule has 0 spiro atoms. The van der Waals surface area contributed by atoms with Gasteiger partial charge in [-0.25, -0.2) is 0 Å². The maximum absolute atomic E-state index is 13.3. The molecule has 0 saturated carbocycles. The van der Waals surface area contributed by atoms with Crippen LogP contribution in [0.3, 0.4) is 0 Å². The molecular formula is C22H27NO5. The quantitative estimate of drug-likeness (QED) is 0.857. The normalized spacial score (nSPS) is 19.4. The molecule has 6 heteroatoms. The number of hydrogen-bond donors (Lipinski definition) is 1. The molecule has 0 aromatic heterocycles. The van der Waals surface area contributed by atoms with Gasteiger partial charge in [0.25, 0.3) is 5.91 Å². The molecule has 0 aliphatic carbocycles. The van der Waals surface area contributed by atoms with Crippen LogP contribution in [-0.2, 0) is 4.74 Å². The topological polar surface area (TPSA) is 68.2 Å². The van der Waals surface area contributed by atoms with E-state index < -0.39 is 12.1 Å². The van der Waals surface area contributed by atoms with Crippen LogP contribution < -0.4 is 9.47 Å². The lowest BCUT2D eigenvalue weighted by Crippen LogP contribution is -2.49. The third-order valence-electron chi connectivity index (χ3n) is 5.30. The average Bonchev–Trinajstić information content (AvgIpc) is 2.73. The van der Waals surface area contributed by atoms with Gasteiger partial charge < -0.3 is 24.2 Å². The molecule has 3 rings (SSSR count). The van der Waals surface area contributed by atoms with Gasteiger partial charge in [0.2, 0.25) is 0 Å². The van der Waals surface area contributed by atoms with Gasteiger partial charge in [0.05, 0.1) is 33.5 Å². The van der Waals surface area contributed by atoms with E-state index in [9.17, 15) is 9.90 Å². The second kappa shape index (κ2) is 8.63. The minimum absolute atomic E-state index is 0.0790. The number of benzene rings is 2. The molecule has 1 fully saturated rings. The second-order valence-corrected chi connectivity index (χ2v) is 6.95. The van der Waals surface area contributed by atoms with Crippen molar-refractivity contribution < 1.29 is 24.1 Å². The molecule has 150 valence electrons. The predicted octanol–water partition coefficient (Wildman–Crippen LogP) is 2.90. The largest absolute Gasteiger partial charge is 0.493 e. The Kier molecular flexibility index (Phi) is 6.21. The highest BCUT2D eigenvalue weighted by atomic mass is 16.5. The number of amides is 1. The SMILES string of the molecule is COc1ccc(C2C(CO)OCCN2C(=O)c2ccc(C)c(C)c2)cc1OC. The van der Waals surface area contributed by atoms with Crippen molar-refractivity contribution in [3.05, 3.63) is 58.7 Å². The van der Waals surface area contributed by atoms with Crippen LogP contribution >= 0.6 is 0 Å². The van der Waals surface area contributed by atoms with Gasteiger partial charge in [-0.1, -0.05) is 12.1 Å². The number of nitrogens with zero attached hydrogens (tertiary/aromatic N) is 1. The monoisotopic (exact) mass is 385 g/mol. The molecule has 1 N–H and O–H groups in total. The van der Waals surface area contributed by atoms with Gasteiger partial charge in [0.15, 0.2) is 11.5 Å². The number of morpholine rings is 1. The van der Waals surface area contributed by atoms with Gasteiger partial charge in [0, 0.05) is 12.1 Å². The number of methoxy groups -OCH3 is 2. The fourth-order valence-electron chi connectivity index (χ4n) is 3.59. The van der Waals surface area contributed by atoms with E-state index >= 15 is 0 Å². The number of aliphatic hydroxyl groups is 1. The zero-order valence-corrected chi connectivity index (χ0v) is 16.8.